The molecule has 0 bridgehead atoms. The Bertz CT molecular complexity index is 579. The second-order valence-corrected chi connectivity index (χ2v) is 4.60. The lowest BCUT2D eigenvalue weighted by Crippen LogP contribution is -2.34. The summed E-state index contributed by atoms with van der Waals surface area (Å²) in [5.41, 5.74) is 1.30. The van der Waals surface area contributed by atoms with Crippen LogP contribution in [0.4, 0.5) is 0 Å². The van der Waals surface area contributed by atoms with Gasteiger partial charge in [0.05, 0.1) is 0 Å². The predicted octanol–water partition coefficient (Wildman–Crippen LogP) is 1.92. The van der Waals surface area contributed by atoms with Gasteiger partial charge in [-0.2, -0.15) is 0 Å². The van der Waals surface area contributed by atoms with E-state index >= 15 is 0 Å². The molecule has 0 radical (unpaired) electrons. The Morgan fingerprint density at radius 1 is 0.895 bits per heavy atom. The van der Waals surface area contributed by atoms with Crippen LogP contribution in [0.5, 0.6) is 11.5 Å². The first-order valence-electron chi connectivity index (χ1n) is 6.07. The van der Waals surface area contributed by atoms with Crippen LogP contribution in [0.25, 0.3) is 0 Å². The van der Waals surface area contributed by atoms with Gasteiger partial charge in [-0.3, -0.25) is 0 Å². The summed E-state index contributed by atoms with van der Waals surface area (Å²) in [6, 6.07) is 13.5. The van der Waals surface area contributed by atoms with Crippen LogP contribution in [0.15, 0.2) is 48.5 Å². The normalized spacial score (nSPS) is 25.5. The maximum absolute atomic E-state index is 10.2. The van der Waals surface area contributed by atoms with Gasteiger partial charge in [0.15, 0.2) is 6.10 Å². The predicted molar refractivity (Wildman–Crippen MR) is 68.9 cm³/mol. The molecule has 2 aromatic carbocycles. The summed E-state index contributed by atoms with van der Waals surface area (Å²) >= 11 is 0. The van der Waals surface area contributed by atoms with Crippen LogP contribution in [0.2, 0.25) is 0 Å². The zero-order valence-electron chi connectivity index (χ0n) is 10.1. The molecule has 2 aromatic rings. The fourth-order valence-electron chi connectivity index (χ4n) is 2.32. The first-order valence-corrected chi connectivity index (χ1v) is 6.07. The molecule has 3 atom stereocenters. The maximum Gasteiger partial charge on any atom is 0.152 e. The number of phenolic OH excluding ortho intramolecular Hbond substituents is 1. The first kappa shape index (κ1) is 12.0. The SMILES string of the molecule is Oc1ccc(C2Oc3ccccc3C(O)C2O)cc1. The Labute approximate surface area is 110 Å². The molecule has 4 heteroatoms. The highest BCUT2D eigenvalue weighted by molar-refractivity contribution is 5.40. The zero-order chi connectivity index (χ0) is 13.4. The molecule has 4 nitrogen and oxygen atoms in total. The summed E-state index contributed by atoms with van der Waals surface area (Å²) in [5.74, 6) is 0.716. The largest absolute Gasteiger partial charge is 0.508 e. The summed E-state index contributed by atoms with van der Waals surface area (Å²) in [4.78, 5) is 0. The van der Waals surface area contributed by atoms with Gasteiger partial charge < -0.3 is 20.1 Å². The molecule has 0 saturated carbocycles. The summed E-state index contributed by atoms with van der Waals surface area (Å²) in [6.07, 6.45) is -2.67. The van der Waals surface area contributed by atoms with Gasteiger partial charge in [-0.1, -0.05) is 30.3 Å². The van der Waals surface area contributed by atoms with E-state index < -0.39 is 18.3 Å². The number of benzene rings is 2. The molecular formula is C15H14O4. The Balaban J connectivity index is 1.99. The van der Waals surface area contributed by atoms with E-state index in [1.54, 1.807) is 30.3 Å². The lowest BCUT2D eigenvalue weighted by atomic mass is 9.92. The van der Waals surface area contributed by atoms with Gasteiger partial charge in [0, 0.05) is 5.56 Å². The third-order valence-electron chi connectivity index (χ3n) is 3.35. The first-order chi connectivity index (χ1) is 9.16. The van der Waals surface area contributed by atoms with Crippen LogP contribution >= 0.6 is 0 Å². The van der Waals surface area contributed by atoms with Crippen molar-refractivity contribution in [2.24, 2.45) is 0 Å². The van der Waals surface area contributed by atoms with Crippen LogP contribution in [-0.2, 0) is 0 Å². The van der Waals surface area contributed by atoms with Crippen molar-refractivity contribution in [3.05, 3.63) is 59.7 Å². The maximum atomic E-state index is 10.2. The van der Waals surface area contributed by atoms with E-state index in [1.165, 1.54) is 12.1 Å². The smallest absolute Gasteiger partial charge is 0.152 e. The number of ether oxygens (including phenoxy) is 1. The molecule has 3 unspecified atom stereocenters. The number of rotatable bonds is 1. The Morgan fingerprint density at radius 3 is 2.32 bits per heavy atom. The molecule has 1 aliphatic heterocycles. The quantitative estimate of drug-likeness (QED) is 0.731. The van der Waals surface area contributed by atoms with Gasteiger partial charge in [0.2, 0.25) is 0 Å². The molecule has 0 spiro atoms. The minimum atomic E-state index is -1.04. The summed E-state index contributed by atoms with van der Waals surface area (Å²) in [6.45, 7) is 0. The van der Waals surface area contributed by atoms with E-state index in [9.17, 15) is 15.3 Å². The molecule has 1 heterocycles. The Kier molecular flexibility index (Phi) is 2.89. The van der Waals surface area contributed by atoms with Gasteiger partial charge >= 0.3 is 0 Å². The number of phenols is 1. The Hall–Kier alpha value is -2.04. The highest BCUT2D eigenvalue weighted by Gasteiger charge is 2.36. The van der Waals surface area contributed by atoms with Crippen molar-refractivity contribution < 1.29 is 20.1 Å². The summed E-state index contributed by atoms with van der Waals surface area (Å²) in [5, 5.41) is 29.6. The molecule has 0 aliphatic carbocycles. The van der Waals surface area contributed by atoms with Crippen LogP contribution in [0.3, 0.4) is 0 Å². The van der Waals surface area contributed by atoms with Gasteiger partial charge in [-0.15, -0.1) is 0 Å². The van der Waals surface area contributed by atoms with Crippen LogP contribution in [0, 0.1) is 0 Å². The van der Waals surface area contributed by atoms with E-state index in [0.29, 0.717) is 16.9 Å². The molecule has 3 N–H and O–H groups in total. The number of aliphatic hydroxyl groups is 2. The number of hydrogen-bond donors (Lipinski definition) is 3. The molecule has 1 aliphatic rings. The van der Waals surface area contributed by atoms with Gasteiger partial charge in [-0.25, -0.2) is 0 Å². The minimum absolute atomic E-state index is 0.148. The van der Waals surface area contributed by atoms with Crippen molar-refractivity contribution in [3.8, 4) is 11.5 Å². The molecule has 0 aromatic heterocycles. The van der Waals surface area contributed by atoms with Crippen LogP contribution in [0.1, 0.15) is 23.3 Å². The highest BCUT2D eigenvalue weighted by atomic mass is 16.5. The topological polar surface area (TPSA) is 69.9 Å². The average Bonchev–Trinajstić information content (AvgIpc) is 2.44. The summed E-state index contributed by atoms with van der Waals surface area (Å²) < 4.78 is 5.75. The number of fused-ring (bicyclic) bond motifs is 1. The van der Waals surface area contributed by atoms with Crippen molar-refractivity contribution in [1.82, 2.24) is 0 Å². The van der Waals surface area contributed by atoms with E-state index in [0.717, 1.165) is 0 Å². The highest BCUT2D eigenvalue weighted by Crippen LogP contribution is 2.40. The van der Waals surface area contributed by atoms with Crippen molar-refractivity contribution >= 4 is 0 Å². The lowest BCUT2D eigenvalue weighted by molar-refractivity contribution is -0.0699. The molecule has 0 amide bonds. The zero-order valence-corrected chi connectivity index (χ0v) is 10.1. The average molecular weight is 258 g/mol. The summed E-state index contributed by atoms with van der Waals surface area (Å²) in [7, 11) is 0. The van der Waals surface area contributed by atoms with E-state index in [4.69, 9.17) is 4.74 Å². The van der Waals surface area contributed by atoms with Crippen molar-refractivity contribution in [2.75, 3.05) is 0 Å². The third kappa shape index (κ3) is 2.05. The fourth-order valence-corrected chi connectivity index (χ4v) is 2.32. The van der Waals surface area contributed by atoms with Crippen LogP contribution in [-0.4, -0.2) is 21.4 Å². The van der Waals surface area contributed by atoms with Crippen molar-refractivity contribution in [2.45, 2.75) is 18.3 Å². The van der Waals surface area contributed by atoms with E-state index in [-0.39, 0.29) is 5.75 Å². The fraction of sp³-hybridized carbons (Fsp3) is 0.200. The second kappa shape index (κ2) is 4.57. The molecular weight excluding hydrogens is 244 g/mol. The van der Waals surface area contributed by atoms with Gasteiger partial charge in [-0.05, 0) is 23.8 Å². The number of aliphatic hydroxyl groups excluding tert-OH is 2. The van der Waals surface area contributed by atoms with Crippen molar-refractivity contribution in [3.63, 3.8) is 0 Å². The standard InChI is InChI=1S/C15H14O4/c16-10-7-5-9(6-8-10)15-14(18)13(17)11-3-1-2-4-12(11)19-15/h1-8,13-18H. The molecule has 19 heavy (non-hydrogen) atoms. The monoisotopic (exact) mass is 258 g/mol. The lowest BCUT2D eigenvalue weighted by Gasteiger charge is -2.34. The number of para-hydroxylation sites is 1. The molecule has 3 rings (SSSR count). The second-order valence-electron chi connectivity index (χ2n) is 4.60. The number of aromatic hydroxyl groups is 1. The molecule has 0 saturated heterocycles. The number of hydrogen-bond acceptors (Lipinski definition) is 4. The van der Waals surface area contributed by atoms with Gasteiger partial charge in [0.1, 0.15) is 23.7 Å². The molecule has 0 fully saturated rings. The van der Waals surface area contributed by atoms with E-state index in [1.807, 2.05) is 6.07 Å². The van der Waals surface area contributed by atoms with E-state index in [2.05, 4.69) is 0 Å². The molecule has 98 valence electrons. The van der Waals surface area contributed by atoms with Crippen molar-refractivity contribution in [1.29, 1.82) is 0 Å². The van der Waals surface area contributed by atoms with Crippen LogP contribution < -0.4 is 4.74 Å². The Morgan fingerprint density at radius 2 is 1.58 bits per heavy atom. The minimum Gasteiger partial charge on any atom is -0.508 e. The third-order valence-corrected chi connectivity index (χ3v) is 3.35. The van der Waals surface area contributed by atoms with Gasteiger partial charge in [0.25, 0.3) is 0 Å².